The number of rotatable bonds is 2. The highest BCUT2D eigenvalue weighted by Crippen LogP contribution is 2.16. The predicted octanol–water partition coefficient (Wildman–Crippen LogP) is 2.28. The Balaban J connectivity index is 2.95. The van der Waals surface area contributed by atoms with Gasteiger partial charge in [0.25, 0.3) is 5.56 Å². The van der Waals surface area contributed by atoms with Gasteiger partial charge in [0.15, 0.2) is 0 Å². The molecule has 1 aromatic carbocycles. The van der Waals surface area contributed by atoms with Gasteiger partial charge in [-0.15, -0.1) is 0 Å². The molecule has 1 N–H and O–H groups in total. The Hall–Kier alpha value is -2.10. The molecule has 0 amide bonds. The van der Waals surface area contributed by atoms with Crippen molar-refractivity contribution in [1.29, 1.82) is 0 Å². The van der Waals surface area contributed by atoms with Crippen LogP contribution in [0.15, 0.2) is 35.3 Å². The molecule has 2 rings (SSSR count). The number of aromatic carboxylic acids is 1. The lowest BCUT2D eigenvalue weighted by atomic mass is 10.1. The number of hydrogen-bond acceptors (Lipinski definition) is 2. The van der Waals surface area contributed by atoms with Gasteiger partial charge in [0.2, 0.25) is 0 Å². The molecule has 0 radical (unpaired) electrons. The molecular weight excluding hydrogens is 218 g/mol. The van der Waals surface area contributed by atoms with Crippen molar-refractivity contribution in [1.82, 2.24) is 4.57 Å². The van der Waals surface area contributed by atoms with Crippen LogP contribution in [0.3, 0.4) is 0 Å². The topological polar surface area (TPSA) is 59.3 Å². The molecule has 1 heterocycles. The minimum absolute atomic E-state index is 0.0646. The zero-order chi connectivity index (χ0) is 12.6. The molecule has 0 aliphatic carbocycles. The molecule has 1 aromatic heterocycles. The third kappa shape index (κ3) is 1.82. The van der Waals surface area contributed by atoms with Crippen molar-refractivity contribution in [3.8, 4) is 0 Å². The lowest BCUT2D eigenvalue weighted by Crippen LogP contribution is -2.23. The normalized spacial score (nSPS) is 11.0. The molecule has 4 nitrogen and oxygen atoms in total. The summed E-state index contributed by atoms with van der Waals surface area (Å²) in [7, 11) is 0. The summed E-state index contributed by atoms with van der Waals surface area (Å²) in [6.07, 6.45) is 1.41. The first-order valence-electron chi connectivity index (χ1n) is 5.39. The van der Waals surface area contributed by atoms with Crippen molar-refractivity contribution in [2.24, 2.45) is 0 Å². The quantitative estimate of drug-likeness (QED) is 0.862. The summed E-state index contributed by atoms with van der Waals surface area (Å²) in [5.74, 6) is -1.02. The van der Waals surface area contributed by atoms with E-state index in [1.54, 1.807) is 24.3 Å². The van der Waals surface area contributed by atoms with Crippen LogP contribution in [0, 0.1) is 0 Å². The van der Waals surface area contributed by atoms with Gasteiger partial charge in [-0.1, -0.05) is 18.2 Å². The lowest BCUT2D eigenvalue weighted by Gasteiger charge is -2.12. The van der Waals surface area contributed by atoms with E-state index in [9.17, 15) is 9.59 Å². The monoisotopic (exact) mass is 231 g/mol. The summed E-state index contributed by atoms with van der Waals surface area (Å²) in [4.78, 5) is 23.3. The lowest BCUT2D eigenvalue weighted by molar-refractivity contribution is 0.0698. The summed E-state index contributed by atoms with van der Waals surface area (Å²) in [6, 6.07) is 6.71. The number of carbonyl (C=O) groups is 1. The van der Waals surface area contributed by atoms with Crippen LogP contribution < -0.4 is 5.56 Å². The van der Waals surface area contributed by atoms with Crippen LogP contribution in [0.1, 0.15) is 30.2 Å². The molecule has 0 saturated heterocycles. The molecule has 0 saturated carbocycles. The highest BCUT2D eigenvalue weighted by Gasteiger charge is 2.14. The van der Waals surface area contributed by atoms with E-state index in [0.717, 1.165) is 0 Å². The highest BCUT2D eigenvalue weighted by atomic mass is 16.4. The van der Waals surface area contributed by atoms with E-state index < -0.39 is 5.97 Å². The van der Waals surface area contributed by atoms with Crippen LogP contribution in [-0.4, -0.2) is 15.6 Å². The number of carboxylic acids is 1. The van der Waals surface area contributed by atoms with Gasteiger partial charge >= 0.3 is 5.97 Å². The van der Waals surface area contributed by atoms with E-state index in [1.807, 2.05) is 13.8 Å². The second-order valence-electron chi connectivity index (χ2n) is 4.20. The number of hydrogen-bond donors (Lipinski definition) is 1. The summed E-state index contributed by atoms with van der Waals surface area (Å²) in [6.45, 7) is 3.70. The first-order valence-corrected chi connectivity index (χ1v) is 5.39. The van der Waals surface area contributed by atoms with Crippen molar-refractivity contribution < 1.29 is 9.90 Å². The van der Waals surface area contributed by atoms with E-state index in [4.69, 9.17) is 5.11 Å². The van der Waals surface area contributed by atoms with Crippen LogP contribution in [0.4, 0.5) is 0 Å². The maximum atomic E-state index is 12.1. The molecule has 88 valence electrons. The molecule has 0 bridgehead atoms. The zero-order valence-electron chi connectivity index (χ0n) is 9.68. The Kier molecular flexibility index (Phi) is 2.71. The highest BCUT2D eigenvalue weighted by molar-refractivity contribution is 6.02. The number of fused-ring (bicyclic) bond motifs is 1. The van der Waals surface area contributed by atoms with Crippen molar-refractivity contribution in [2.45, 2.75) is 19.9 Å². The summed E-state index contributed by atoms with van der Waals surface area (Å²) in [5.41, 5.74) is 0.00880. The van der Waals surface area contributed by atoms with Gasteiger partial charge in [-0.25, -0.2) is 4.79 Å². The van der Waals surface area contributed by atoms with Gasteiger partial charge in [0.1, 0.15) is 0 Å². The minimum atomic E-state index is -1.02. The van der Waals surface area contributed by atoms with Crippen LogP contribution in [0.5, 0.6) is 0 Å². The Morgan fingerprint density at radius 3 is 2.35 bits per heavy atom. The fourth-order valence-corrected chi connectivity index (χ4v) is 1.86. The van der Waals surface area contributed by atoms with Gasteiger partial charge in [0.05, 0.1) is 5.56 Å². The average molecular weight is 231 g/mol. The summed E-state index contributed by atoms with van der Waals surface area (Å²) in [5, 5.41) is 10.1. The molecule has 0 unspecified atom stereocenters. The fraction of sp³-hybridized carbons (Fsp3) is 0.231. The van der Waals surface area contributed by atoms with Gasteiger partial charge in [-0.2, -0.15) is 0 Å². The molecule has 17 heavy (non-hydrogen) atoms. The molecule has 0 atom stereocenters. The second-order valence-corrected chi connectivity index (χ2v) is 4.20. The maximum absolute atomic E-state index is 12.1. The fourth-order valence-electron chi connectivity index (χ4n) is 1.86. The van der Waals surface area contributed by atoms with E-state index >= 15 is 0 Å². The number of benzene rings is 1. The van der Waals surface area contributed by atoms with Crippen LogP contribution >= 0.6 is 0 Å². The molecule has 2 aromatic rings. The van der Waals surface area contributed by atoms with Crippen molar-refractivity contribution >= 4 is 16.7 Å². The Labute approximate surface area is 98.1 Å². The van der Waals surface area contributed by atoms with Gasteiger partial charge in [0, 0.05) is 23.0 Å². The zero-order valence-corrected chi connectivity index (χ0v) is 9.68. The minimum Gasteiger partial charge on any atom is -0.478 e. The van der Waals surface area contributed by atoms with E-state index in [-0.39, 0.29) is 17.2 Å². The first-order chi connectivity index (χ1) is 8.02. The largest absolute Gasteiger partial charge is 0.478 e. The molecule has 0 spiro atoms. The van der Waals surface area contributed by atoms with E-state index in [0.29, 0.717) is 10.8 Å². The van der Waals surface area contributed by atoms with Crippen LogP contribution in [0.25, 0.3) is 10.8 Å². The third-order valence-corrected chi connectivity index (χ3v) is 2.74. The number of carboxylic acid groups (broad SMARTS) is 1. The molecule has 0 aliphatic rings. The second kappa shape index (κ2) is 4.05. The van der Waals surface area contributed by atoms with E-state index in [2.05, 4.69) is 0 Å². The van der Waals surface area contributed by atoms with E-state index in [1.165, 1.54) is 10.8 Å². The number of nitrogens with zero attached hydrogens (tertiary/aromatic N) is 1. The SMILES string of the molecule is CC(C)n1cc(C(=O)O)c2ccccc2c1=O. The molecule has 4 heteroatoms. The van der Waals surface area contributed by atoms with Crippen LogP contribution in [0.2, 0.25) is 0 Å². The van der Waals surface area contributed by atoms with Crippen molar-refractivity contribution in [3.63, 3.8) is 0 Å². The van der Waals surface area contributed by atoms with Crippen molar-refractivity contribution in [2.75, 3.05) is 0 Å². The Morgan fingerprint density at radius 1 is 1.24 bits per heavy atom. The predicted molar refractivity (Wildman–Crippen MR) is 65.6 cm³/mol. The Morgan fingerprint density at radius 2 is 1.82 bits per heavy atom. The van der Waals surface area contributed by atoms with Gasteiger partial charge in [-0.3, -0.25) is 4.79 Å². The van der Waals surface area contributed by atoms with Crippen LogP contribution in [-0.2, 0) is 0 Å². The standard InChI is InChI=1S/C13H13NO3/c1-8(2)14-7-11(13(16)17)9-5-3-4-6-10(9)12(14)15/h3-8H,1-2H3,(H,16,17). The molecule has 0 aliphatic heterocycles. The number of pyridine rings is 1. The van der Waals surface area contributed by atoms with Crippen molar-refractivity contribution in [3.05, 3.63) is 46.4 Å². The first kappa shape index (κ1) is 11.4. The third-order valence-electron chi connectivity index (χ3n) is 2.74. The summed E-state index contributed by atoms with van der Waals surface area (Å²) >= 11 is 0. The number of aromatic nitrogens is 1. The van der Waals surface area contributed by atoms with Gasteiger partial charge < -0.3 is 9.67 Å². The maximum Gasteiger partial charge on any atom is 0.337 e. The smallest absolute Gasteiger partial charge is 0.337 e. The van der Waals surface area contributed by atoms with Gasteiger partial charge in [-0.05, 0) is 19.9 Å². The Bertz CT molecular complexity index is 641. The molecule has 0 fully saturated rings. The average Bonchev–Trinajstić information content (AvgIpc) is 2.29. The molecular formula is C13H13NO3. The summed E-state index contributed by atoms with van der Waals surface area (Å²) < 4.78 is 1.45.